The number of hydrogen-bond acceptors (Lipinski definition) is 3. The van der Waals surface area contributed by atoms with Crippen molar-refractivity contribution in [3.8, 4) is 0 Å². The monoisotopic (exact) mass is 237 g/mol. The number of halogens is 1. The van der Waals surface area contributed by atoms with E-state index in [4.69, 9.17) is 4.74 Å². The molecule has 0 radical (unpaired) electrons. The highest BCUT2D eigenvalue weighted by molar-refractivity contribution is 5.99. The number of carbonyl (C=O) groups excluding carboxylic acids is 1. The van der Waals surface area contributed by atoms with Gasteiger partial charge in [-0.05, 0) is 26.0 Å². The van der Waals surface area contributed by atoms with Crippen molar-refractivity contribution in [2.75, 3.05) is 24.6 Å². The zero-order valence-electron chi connectivity index (χ0n) is 10.1. The summed E-state index contributed by atoms with van der Waals surface area (Å²) in [6, 6.07) is 4.63. The minimum atomic E-state index is -0.341. The Kier molecular flexibility index (Phi) is 3.43. The molecule has 1 aromatic carbocycles. The quantitative estimate of drug-likeness (QED) is 0.739. The summed E-state index contributed by atoms with van der Waals surface area (Å²) in [7, 11) is 0. The van der Waals surface area contributed by atoms with Crippen molar-refractivity contribution in [1.82, 2.24) is 0 Å². The first kappa shape index (κ1) is 12.0. The summed E-state index contributed by atoms with van der Waals surface area (Å²) in [6.45, 7) is 5.20. The molecular weight excluding hydrogens is 221 g/mol. The fourth-order valence-electron chi connectivity index (χ4n) is 2.14. The predicted molar refractivity (Wildman–Crippen MR) is 64.0 cm³/mol. The second-order valence-corrected chi connectivity index (χ2v) is 4.32. The van der Waals surface area contributed by atoms with Gasteiger partial charge < -0.3 is 9.64 Å². The third kappa shape index (κ3) is 2.47. The van der Waals surface area contributed by atoms with Crippen LogP contribution in [0, 0.1) is 5.82 Å². The second kappa shape index (κ2) is 4.84. The minimum Gasteiger partial charge on any atom is -0.375 e. The maximum absolute atomic E-state index is 13.9. The van der Waals surface area contributed by atoms with Crippen LogP contribution >= 0.6 is 0 Å². The largest absolute Gasteiger partial charge is 0.375 e. The van der Waals surface area contributed by atoms with E-state index < -0.39 is 0 Å². The van der Waals surface area contributed by atoms with Gasteiger partial charge in [-0.2, -0.15) is 0 Å². The van der Waals surface area contributed by atoms with Gasteiger partial charge >= 0.3 is 0 Å². The van der Waals surface area contributed by atoms with Crippen molar-refractivity contribution < 1.29 is 13.9 Å². The number of carbonyl (C=O) groups is 1. The van der Waals surface area contributed by atoms with E-state index >= 15 is 0 Å². The van der Waals surface area contributed by atoms with Crippen molar-refractivity contribution >= 4 is 11.5 Å². The number of rotatable bonds is 2. The lowest BCUT2D eigenvalue weighted by atomic mass is 10.1. The SMILES string of the molecule is CC(=O)c1cccc(F)c1N1CCOC(C)C1. The van der Waals surface area contributed by atoms with Gasteiger partial charge in [0.15, 0.2) is 5.78 Å². The molecular formula is C13H16FNO2. The number of Topliss-reactive ketones (excluding diaryl/α,β-unsaturated/α-hetero) is 1. The smallest absolute Gasteiger partial charge is 0.161 e. The van der Waals surface area contributed by atoms with Crippen LogP contribution in [-0.4, -0.2) is 31.6 Å². The number of morpholine rings is 1. The Hall–Kier alpha value is -1.42. The van der Waals surface area contributed by atoms with Gasteiger partial charge in [0.25, 0.3) is 0 Å². The first-order valence-corrected chi connectivity index (χ1v) is 5.75. The van der Waals surface area contributed by atoms with Crippen LogP contribution in [0.3, 0.4) is 0 Å². The Labute approximate surface area is 100 Å². The number of hydrogen-bond donors (Lipinski definition) is 0. The lowest BCUT2D eigenvalue weighted by molar-refractivity contribution is 0.0529. The van der Waals surface area contributed by atoms with Crippen molar-refractivity contribution in [2.24, 2.45) is 0 Å². The average Bonchev–Trinajstić information content (AvgIpc) is 2.28. The summed E-state index contributed by atoms with van der Waals surface area (Å²) < 4.78 is 19.3. The van der Waals surface area contributed by atoms with Crippen LogP contribution in [-0.2, 0) is 4.74 Å². The molecule has 92 valence electrons. The molecule has 2 rings (SSSR count). The van der Waals surface area contributed by atoms with Crippen LogP contribution in [0.5, 0.6) is 0 Å². The summed E-state index contributed by atoms with van der Waals surface area (Å²) in [4.78, 5) is 13.4. The van der Waals surface area contributed by atoms with Crippen molar-refractivity contribution in [3.63, 3.8) is 0 Å². The van der Waals surface area contributed by atoms with E-state index in [1.54, 1.807) is 12.1 Å². The van der Waals surface area contributed by atoms with Crippen molar-refractivity contribution in [2.45, 2.75) is 20.0 Å². The van der Waals surface area contributed by atoms with Gasteiger partial charge in [0, 0.05) is 18.7 Å². The van der Waals surface area contributed by atoms with Gasteiger partial charge in [0.05, 0.1) is 18.4 Å². The Morgan fingerprint density at radius 1 is 1.53 bits per heavy atom. The number of nitrogens with zero attached hydrogens (tertiary/aromatic N) is 1. The first-order chi connectivity index (χ1) is 8.09. The summed E-state index contributed by atoms with van der Waals surface area (Å²) in [5.74, 6) is -0.453. The maximum Gasteiger partial charge on any atom is 0.161 e. The first-order valence-electron chi connectivity index (χ1n) is 5.75. The van der Waals surface area contributed by atoms with Crippen molar-refractivity contribution in [1.29, 1.82) is 0 Å². The molecule has 0 spiro atoms. The molecule has 1 atom stereocenters. The second-order valence-electron chi connectivity index (χ2n) is 4.32. The summed E-state index contributed by atoms with van der Waals surface area (Å²) in [5, 5.41) is 0. The molecule has 0 amide bonds. The number of para-hydroxylation sites is 1. The third-order valence-electron chi connectivity index (χ3n) is 2.92. The Bertz CT molecular complexity index is 433. The molecule has 4 heteroatoms. The third-order valence-corrected chi connectivity index (χ3v) is 2.92. The zero-order valence-corrected chi connectivity index (χ0v) is 10.1. The highest BCUT2D eigenvalue weighted by Crippen LogP contribution is 2.26. The molecule has 0 bridgehead atoms. The van der Waals surface area contributed by atoms with Crippen molar-refractivity contribution in [3.05, 3.63) is 29.6 Å². The van der Waals surface area contributed by atoms with Crippen LogP contribution < -0.4 is 4.90 Å². The van der Waals surface area contributed by atoms with Crippen LogP contribution in [0.4, 0.5) is 10.1 Å². The molecule has 1 aliphatic rings. The van der Waals surface area contributed by atoms with Gasteiger partial charge in [-0.25, -0.2) is 4.39 Å². The molecule has 1 aromatic rings. The standard InChI is InChI=1S/C13H16FNO2/c1-9-8-15(6-7-17-9)13-11(10(2)16)4-3-5-12(13)14/h3-5,9H,6-8H2,1-2H3. The normalized spacial score (nSPS) is 20.4. The number of ether oxygens (including phenoxy) is 1. The molecule has 0 saturated carbocycles. The fraction of sp³-hybridized carbons (Fsp3) is 0.462. The topological polar surface area (TPSA) is 29.5 Å². The number of ketones is 1. The molecule has 3 nitrogen and oxygen atoms in total. The summed E-state index contributed by atoms with van der Waals surface area (Å²) in [5.41, 5.74) is 0.856. The van der Waals surface area contributed by atoms with E-state index in [1.165, 1.54) is 13.0 Å². The molecule has 0 N–H and O–H groups in total. The molecule has 1 unspecified atom stereocenters. The fourth-order valence-corrected chi connectivity index (χ4v) is 2.14. The zero-order chi connectivity index (χ0) is 12.4. The molecule has 1 aliphatic heterocycles. The lowest BCUT2D eigenvalue weighted by Crippen LogP contribution is -2.42. The summed E-state index contributed by atoms with van der Waals surface area (Å²) in [6.07, 6.45) is 0.0585. The van der Waals surface area contributed by atoms with Gasteiger partial charge in [-0.3, -0.25) is 4.79 Å². The molecule has 0 aromatic heterocycles. The molecule has 1 saturated heterocycles. The van der Waals surface area contributed by atoms with E-state index in [0.717, 1.165) is 0 Å². The van der Waals surface area contributed by atoms with Crippen LogP contribution in [0.25, 0.3) is 0 Å². The van der Waals surface area contributed by atoms with Gasteiger partial charge in [0.2, 0.25) is 0 Å². The highest BCUT2D eigenvalue weighted by atomic mass is 19.1. The van der Waals surface area contributed by atoms with E-state index in [0.29, 0.717) is 30.9 Å². The Morgan fingerprint density at radius 3 is 2.94 bits per heavy atom. The van der Waals surface area contributed by atoms with Gasteiger partial charge in [-0.15, -0.1) is 0 Å². The van der Waals surface area contributed by atoms with Gasteiger partial charge in [0.1, 0.15) is 5.82 Å². The van der Waals surface area contributed by atoms with Crippen LogP contribution in [0.15, 0.2) is 18.2 Å². The number of anilines is 1. The highest BCUT2D eigenvalue weighted by Gasteiger charge is 2.23. The Morgan fingerprint density at radius 2 is 2.29 bits per heavy atom. The minimum absolute atomic E-state index is 0.0585. The van der Waals surface area contributed by atoms with Crippen LogP contribution in [0.1, 0.15) is 24.2 Å². The molecule has 1 fully saturated rings. The Balaban J connectivity index is 2.39. The predicted octanol–water partition coefficient (Wildman–Crippen LogP) is 2.25. The maximum atomic E-state index is 13.9. The van der Waals surface area contributed by atoms with Gasteiger partial charge in [-0.1, -0.05) is 6.07 Å². The summed E-state index contributed by atoms with van der Waals surface area (Å²) >= 11 is 0. The molecule has 17 heavy (non-hydrogen) atoms. The average molecular weight is 237 g/mol. The van der Waals surface area contributed by atoms with E-state index in [2.05, 4.69) is 0 Å². The van der Waals surface area contributed by atoms with E-state index in [9.17, 15) is 9.18 Å². The van der Waals surface area contributed by atoms with E-state index in [-0.39, 0.29) is 17.7 Å². The van der Waals surface area contributed by atoms with Crippen LogP contribution in [0.2, 0.25) is 0 Å². The van der Waals surface area contributed by atoms with E-state index in [1.807, 2.05) is 11.8 Å². The lowest BCUT2D eigenvalue weighted by Gasteiger charge is -2.34. The number of benzene rings is 1. The molecule has 0 aliphatic carbocycles. The molecule has 1 heterocycles.